The minimum atomic E-state index is -0.258. The summed E-state index contributed by atoms with van der Waals surface area (Å²) >= 11 is 0. The predicted molar refractivity (Wildman–Crippen MR) is 159 cm³/mol. The number of carbonyl (C=O) groups is 2. The molecule has 0 bridgehead atoms. The van der Waals surface area contributed by atoms with Gasteiger partial charge in [-0.05, 0) is 60.3 Å². The molecule has 1 saturated heterocycles. The first-order valence-corrected chi connectivity index (χ1v) is 14.3. The Hall–Kier alpha value is -4.04. The van der Waals surface area contributed by atoms with Crippen LogP contribution in [0.15, 0.2) is 78.9 Å². The van der Waals surface area contributed by atoms with E-state index >= 15 is 0 Å². The highest BCUT2D eigenvalue weighted by Gasteiger charge is 2.22. The van der Waals surface area contributed by atoms with E-state index in [-0.39, 0.29) is 12.0 Å². The van der Waals surface area contributed by atoms with Crippen molar-refractivity contribution in [3.8, 4) is 11.5 Å². The Kier molecular flexibility index (Phi) is 11.4. The summed E-state index contributed by atoms with van der Waals surface area (Å²) in [6.45, 7) is 5.15. The molecule has 1 fully saturated rings. The van der Waals surface area contributed by atoms with Crippen LogP contribution in [0.1, 0.15) is 36.0 Å². The first kappa shape index (κ1) is 29.9. The Morgan fingerprint density at radius 1 is 0.732 bits per heavy atom. The summed E-state index contributed by atoms with van der Waals surface area (Å²) in [4.78, 5) is 31.9. The summed E-state index contributed by atoms with van der Waals surface area (Å²) in [6.07, 6.45) is 1.97. The highest BCUT2D eigenvalue weighted by molar-refractivity contribution is 5.76. The molecule has 0 N–H and O–H groups in total. The van der Waals surface area contributed by atoms with Crippen molar-refractivity contribution >= 4 is 12.0 Å². The molecule has 3 aromatic carbocycles. The van der Waals surface area contributed by atoms with E-state index in [2.05, 4.69) is 4.90 Å². The highest BCUT2D eigenvalue weighted by Crippen LogP contribution is 2.20. The normalized spacial score (nSPS) is 13.5. The molecular formula is C33H41N3O5. The number of hydrogen-bond donors (Lipinski definition) is 0. The minimum absolute atomic E-state index is 0.127. The Balaban J connectivity index is 1.22. The predicted octanol–water partition coefficient (Wildman–Crippen LogP) is 5.36. The van der Waals surface area contributed by atoms with Crippen LogP contribution >= 0.6 is 0 Å². The van der Waals surface area contributed by atoms with E-state index in [1.165, 1.54) is 0 Å². The van der Waals surface area contributed by atoms with E-state index in [1.54, 1.807) is 19.1 Å². The summed E-state index contributed by atoms with van der Waals surface area (Å²) in [5.41, 5.74) is 3.04. The van der Waals surface area contributed by atoms with Gasteiger partial charge >= 0.3 is 6.09 Å². The van der Waals surface area contributed by atoms with Gasteiger partial charge in [-0.25, -0.2) is 4.79 Å². The fourth-order valence-corrected chi connectivity index (χ4v) is 4.95. The number of ether oxygens (including phenoxy) is 3. The van der Waals surface area contributed by atoms with Gasteiger partial charge in [-0.15, -0.1) is 0 Å². The highest BCUT2D eigenvalue weighted by atomic mass is 16.6. The zero-order valence-electron chi connectivity index (χ0n) is 24.2. The van der Waals surface area contributed by atoms with Crippen molar-refractivity contribution in [1.29, 1.82) is 0 Å². The Labute approximate surface area is 243 Å². The van der Waals surface area contributed by atoms with Crippen LogP contribution < -0.4 is 9.47 Å². The molecule has 2 amide bonds. The van der Waals surface area contributed by atoms with Crippen LogP contribution in [0, 0.1) is 0 Å². The molecule has 41 heavy (non-hydrogen) atoms. The fourth-order valence-electron chi connectivity index (χ4n) is 4.95. The second-order valence-electron chi connectivity index (χ2n) is 10.3. The van der Waals surface area contributed by atoms with Crippen LogP contribution in [0.25, 0.3) is 0 Å². The fraction of sp³-hybridized carbons (Fsp3) is 0.394. The van der Waals surface area contributed by atoms with Gasteiger partial charge in [0.15, 0.2) is 0 Å². The third kappa shape index (κ3) is 9.53. The SMILES string of the molecule is COc1cccc(CN(Cc2cccc(OC)c2)C(=O)CCCCN2CCN(C(=O)OCc3ccccc3)CC2)c1. The number of piperazine rings is 1. The van der Waals surface area contributed by atoms with Crippen LogP contribution in [0.3, 0.4) is 0 Å². The molecule has 1 heterocycles. The maximum Gasteiger partial charge on any atom is 0.410 e. The molecule has 0 saturated carbocycles. The maximum atomic E-state index is 13.4. The standard InChI is InChI=1S/C33H41N3O5/c1-39-30-14-8-12-28(22-30)24-36(25-29-13-9-15-31(23-29)40-2)32(37)16-6-7-17-34-18-20-35(21-19-34)33(38)41-26-27-10-4-3-5-11-27/h3-5,8-15,22-23H,6-7,16-21,24-26H2,1-2H3. The number of unbranched alkanes of at least 4 members (excludes halogenated alkanes) is 1. The van der Waals surface area contributed by atoms with E-state index in [4.69, 9.17) is 14.2 Å². The van der Waals surface area contributed by atoms with Crippen molar-refractivity contribution in [2.45, 2.75) is 39.0 Å². The molecule has 8 heteroatoms. The van der Waals surface area contributed by atoms with E-state index in [0.29, 0.717) is 39.2 Å². The smallest absolute Gasteiger partial charge is 0.410 e. The van der Waals surface area contributed by atoms with Gasteiger partial charge in [0.1, 0.15) is 18.1 Å². The molecule has 218 valence electrons. The van der Waals surface area contributed by atoms with Crippen molar-refractivity contribution in [3.63, 3.8) is 0 Å². The first-order chi connectivity index (χ1) is 20.0. The van der Waals surface area contributed by atoms with Crippen LogP contribution in [0.2, 0.25) is 0 Å². The van der Waals surface area contributed by atoms with Crippen LogP contribution in [-0.2, 0) is 29.2 Å². The van der Waals surface area contributed by atoms with Crippen LogP contribution in [-0.4, -0.2) is 73.6 Å². The van der Waals surface area contributed by atoms with Crippen molar-refractivity contribution in [3.05, 3.63) is 95.6 Å². The van der Waals surface area contributed by atoms with Gasteiger partial charge in [0.25, 0.3) is 0 Å². The molecule has 1 aliphatic heterocycles. The average molecular weight is 560 g/mol. The second-order valence-corrected chi connectivity index (χ2v) is 10.3. The first-order valence-electron chi connectivity index (χ1n) is 14.3. The number of hydrogen-bond acceptors (Lipinski definition) is 6. The van der Waals surface area contributed by atoms with Gasteiger partial charge in [-0.2, -0.15) is 0 Å². The quantitative estimate of drug-likeness (QED) is 0.263. The molecule has 0 atom stereocenters. The summed E-state index contributed by atoms with van der Waals surface area (Å²) < 4.78 is 16.2. The van der Waals surface area contributed by atoms with Crippen molar-refractivity contribution in [2.75, 3.05) is 46.9 Å². The molecule has 3 aromatic rings. The summed E-state index contributed by atoms with van der Waals surface area (Å²) in [6, 6.07) is 25.4. The lowest BCUT2D eigenvalue weighted by atomic mass is 10.1. The minimum Gasteiger partial charge on any atom is -0.497 e. The topological polar surface area (TPSA) is 71.6 Å². The number of methoxy groups -OCH3 is 2. The van der Waals surface area contributed by atoms with Gasteiger partial charge in [-0.1, -0.05) is 54.6 Å². The van der Waals surface area contributed by atoms with Crippen LogP contribution in [0.4, 0.5) is 4.79 Å². The maximum absolute atomic E-state index is 13.4. The second kappa shape index (κ2) is 15.7. The van der Waals surface area contributed by atoms with Gasteiger partial charge < -0.3 is 24.0 Å². The van der Waals surface area contributed by atoms with Crippen molar-refractivity contribution in [2.24, 2.45) is 0 Å². The van der Waals surface area contributed by atoms with E-state index in [9.17, 15) is 9.59 Å². The Morgan fingerprint density at radius 2 is 1.32 bits per heavy atom. The van der Waals surface area contributed by atoms with E-state index < -0.39 is 0 Å². The summed E-state index contributed by atoms with van der Waals surface area (Å²) in [5.74, 6) is 1.68. The third-order valence-corrected chi connectivity index (χ3v) is 7.32. The average Bonchev–Trinajstić information content (AvgIpc) is 3.02. The monoisotopic (exact) mass is 559 g/mol. The largest absolute Gasteiger partial charge is 0.497 e. The molecule has 8 nitrogen and oxygen atoms in total. The molecule has 0 spiro atoms. The lowest BCUT2D eigenvalue weighted by Gasteiger charge is -2.34. The Bertz CT molecular complexity index is 1190. The van der Waals surface area contributed by atoms with E-state index in [1.807, 2.05) is 83.8 Å². The molecule has 1 aliphatic rings. The van der Waals surface area contributed by atoms with Gasteiger partial charge in [0.05, 0.1) is 14.2 Å². The van der Waals surface area contributed by atoms with Gasteiger partial charge in [0, 0.05) is 45.7 Å². The van der Waals surface area contributed by atoms with Crippen molar-refractivity contribution < 1.29 is 23.8 Å². The van der Waals surface area contributed by atoms with Gasteiger partial charge in [-0.3, -0.25) is 9.69 Å². The lowest BCUT2D eigenvalue weighted by Crippen LogP contribution is -2.49. The third-order valence-electron chi connectivity index (χ3n) is 7.32. The summed E-state index contributed by atoms with van der Waals surface area (Å²) in [7, 11) is 3.30. The molecule has 0 aliphatic carbocycles. The zero-order chi connectivity index (χ0) is 28.9. The Morgan fingerprint density at radius 3 is 1.90 bits per heavy atom. The molecule has 4 rings (SSSR count). The van der Waals surface area contributed by atoms with Crippen molar-refractivity contribution in [1.82, 2.24) is 14.7 Å². The number of carbonyl (C=O) groups excluding carboxylic acids is 2. The molecular weight excluding hydrogens is 518 g/mol. The molecule has 0 radical (unpaired) electrons. The number of amides is 2. The number of nitrogens with zero attached hydrogens (tertiary/aromatic N) is 3. The molecule has 0 unspecified atom stereocenters. The summed E-state index contributed by atoms with van der Waals surface area (Å²) in [5, 5.41) is 0. The number of benzene rings is 3. The lowest BCUT2D eigenvalue weighted by molar-refractivity contribution is -0.132. The molecule has 0 aromatic heterocycles. The number of rotatable bonds is 13. The van der Waals surface area contributed by atoms with Gasteiger partial charge in [0.2, 0.25) is 5.91 Å². The van der Waals surface area contributed by atoms with E-state index in [0.717, 1.165) is 60.7 Å². The van der Waals surface area contributed by atoms with Crippen LogP contribution in [0.5, 0.6) is 11.5 Å². The zero-order valence-corrected chi connectivity index (χ0v) is 24.2.